The van der Waals surface area contributed by atoms with Crippen LogP contribution in [0.25, 0.3) is 0 Å². The van der Waals surface area contributed by atoms with E-state index in [1.807, 2.05) is 0 Å². The number of hydrogen-bond donors (Lipinski definition) is 3. The monoisotopic (exact) mass is 201 g/mol. The average Bonchev–Trinajstić information content (AvgIpc) is 1.81. The molecule has 13 heavy (non-hydrogen) atoms. The average molecular weight is 201 g/mol. The van der Waals surface area contributed by atoms with Crippen molar-refractivity contribution in [1.82, 2.24) is 0 Å². The number of hydrogen-bond acceptors (Lipinski definition) is 3. The first-order chi connectivity index (χ1) is 5.72. The fourth-order valence-electron chi connectivity index (χ4n) is 1.06. The van der Waals surface area contributed by atoms with Crippen molar-refractivity contribution in [3.8, 4) is 0 Å². The molecule has 0 amide bonds. The zero-order chi connectivity index (χ0) is 10.6. The Morgan fingerprint density at radius 3 is 2.08 bits per heavy atom. The summed E-state index contributed by atoms with van der Waals surface area (Å²) in [6.45, 7) is 1.37. The summed E-state index contributed by atoms with van der Waals surface area (Å²) < 4.78 is 35.4. The fourth-order valence-corrected chi connectivity index (χ4v) is 1.06. The first-order valence-corrected chi connectivity index (χ1v) is 3.91. The van der Waals surface area contributed by atoms with Gasteiger partial charge in [0.1, 0.15) is 0 Å². The van der Waals surface area contributed by atoms with Gasteiger partial charge in [-0.25, -0.2) is 0 Å². The Balaban J connectivity index is 3.81. The van der Waals surface area contributed by atoms with E-state index in [-0.39, 0.29) is 6.42 Å². The third-order valence-electron chi connectivity index (χ3n) is 1.64. The smallest absolute Gasteiger partial charge is 0.367 e. The van der Waals surface area contributed by atoms with Gasteiger partial charge >= 0.3 is 6.18 Å². The maximum Gasteiger partial charge on any atom is 0.389 e. The molecule has 0 aromatic rings. The van der Waals surface area contributed by atoms with E-state index in [1.54, 1.807) is 0 Å². The summed E-state index contributed by atoms with van der Waals surface area (Å²) in [5.41, 5.74) is 5.17. The van der Waals surface area contributed by atoms with E-state index in [1.165, 1.54) is 6.92 Å². The molecule has 0 saturated carbocycles. The van der Waals surface area contributed by atoms with Crippen molar-refractivity contribution in [2.45, 2.75) is 38.3 Å². The molecule has 0 spiro atoms. The quantitative estimate of drug-likeness (QED) is 0.583. The lowest BCUT2D eigenvalue weighted by molar-refractivity contribution is -0.146. The molecular weight excluding hydrogens is 187 g/mol. The van der Waals surface area contributed by atoms with Gasteiger partial charge in [-0.2, -0.15) is 13.2 Å². The van der Waals surface area contributed by atoms with E-state index >= 15 is 0 Å². The van der Waals surface area contributed by atoms with Crippen molar-refractivity contribution in [3.05, 3.63) is 0 Å². The number of halogens is 3. The molecule has 2 unspecified atom stereocenters. The molecule has 0 aromatic heterocycles. The van der Waals surface area contributed by atoms with Crippen LogP contribution in [0.15, 0.2) is 0 Å². The molecule has 0 bridgehead atoms. The minimum Gasteiger partial charge on any atom is -0.367 e. The van der Waals surface area contributed by atoms with Crippen LogP contribution in [0.5, 0.6) is 0 Å². The van der Waals surface area contributed by atoms with E-state index in [0.29, 0.717) is 0 Å². The standard InChI is InChI=1S/C7H14F3NO2/c1-4(3-7(8,9)10)2-5(11)6(12)13/h4-6,12-13H,2-3,11H2,1H3. The van der Waals surface area contributed by atoms with Crippen LogP contribution in [-0.2, 0) is 0 Å². The molecule has 0 saturated heterocycles. The lowest BCUT2D eigenvalue weighted by Gasteiger charge is -2.19. The third-order valence-corrected chi connectivity index (χ3v) is 1.64. The van der Waals surface area contributed by atoms with Crippen molar-refractivity contribution in [2.24, 2.45) is 11.7 Å². The lowest BCUT2D eigenvalue weighted by Crippen LogP contribution is -2.36. The van der Waals surface area contributed by atoms with Gasteiger partial charge in [-0.05, 0) is 12.3 Å². The Labute approximate surface area is 74.4 Å². The predicted molar refractivity (Wildman–Crippen MR) is 40.7 cm³/mol. The molecule has 0 fully saturated rings. The Morgan fingerprint density at radius 1 is 1.31 bits per heavy atom. The number of nitrogens with two attached hydrogens (primary N) is 1. The SMILES string of the molecule is CC(CC(N)C(O)O)CC(F)(F)F. The molecule has 3 nitrogen and oxygen atoms in total. The summed E-state index contributed by atoms with van der Waals surface area (Å²) >= 11 is 0. The molecule has 0 aromatic carbocycles. The van der Waals surface area contributed by atoms with Gasteiger partial charge in [0.05, 0.1) is 6.04 Å². The zero-order valence-electron chi connectivity index (χ0n) is 7.25. The lowest BCUT2D eigenvalue weighted by atomic mass is 9.98. The molecule has 0 aliphatic rings. The molecule has 0 aliphatic carbocycles. The van der Waals surface area contributed by atoms with Gasteiger partial charge in [0.2, 0.25) is 0 Å². The van der Waals surface area contributed by atoms with Gasteiger partial charge in [-0.15, -0.1) is 0 Å². The van der Waals surface area contributed by atoms with Crippen LogP contribution in [0.3, 0.4) is 0 Å². The van der Waals surface area contributed by atoms with E-state index in [2.05, 4.69) is 0 Å². The van der Waals surface area contributed by atoms with Crippen molar-refractivity contribution in [1.29, 1.82) is 0 Å². The highest BCUT2D eigenvalue weighted by Gasteiger charge is 2.31. The van der Waals surface area contributed by atoms with Gasteiger partial charge in [0.25, 0.3) is 0 Å². The molecule has 80 valence electrons. The van der Waals surface area contributed by atoms with Gasteiger partial charge in [-0.1, -0.05) is 6.92 Å². The molecule has 0 heterocycles. The van der Waals surface area contributed by atoms with Crippen LogP contribution in [0.2, 0.25) is 0 Å². The number of rotatable bonds is 4. The number of alkyl halides is 3. The normalized spacial score (nSPS) is 17.5. The Bertz CT molecular complexity index is 149. The van der Waals surface area contributed by atoms with Crippen LogP contribution < -0.4 is 5.73 Å². The molecule has 0 rings (SSSR count). The minimum atomic E-state index is -4.22. The van der Waals surface area contributed by atoms with Crippen molar-refractivity contribution < 1.29 is 23.4 Å². The van der Waals surface area contributed by atoms with Crippen LogP contribution in [0.1, 0.15) is 19.8 Å². The van der Waals surface area contributed by atoms with Crippen LogP contribution in [0, 0.1) is 5.92 Å². The first kappa shape index (κ1) is 12.7. The van der Waals surface area contributed by atoms with Crippen molar-refractivity contribution >= 4 is 0 Å². The second kappa shape index (κ2) is 4.78. The molecule has 4 N–H and O–H groups in total. The van der Waals surface area contributed by atoms with E-state index in [9.17, 15) is 13.2 Å². The first-order valence-electron chi connectivity index (χ1n) is 3.91. The highest BCUT2D eigenvalue weighted by molar-refractivity contribution is 4.69. The van der Waals surface area contributed by atoms with Crippen LogP contribution >= 0.6 is 0 Å². The molecular formula is C7H14F3NO2. The summed E-state index contributed by atoms with van der Waals surface area (Å²) in [6.07, 6.45) is -6.99. The van der Waals surface area contributed by atoms with E-state index in [0.717, 1.165) is 0 Å². The Hall–Kier alpha value is -0.330. The van der Waals surface area contributed by atoms with Crippen molar-refractivity contribution in [2.75, 3.05) is 0 Å². The summed E-state index contributed by atoms with van der Waals surface area (Å²) in [4.78, 5) is 0. The molecule has 2 atom stereocenters. The Morgan fingerprint density at radius 2 is 1.77 bits per heavy atom. The fraction of sp³-hybridized carbons (Fsp3) is 1.00. The van der Waals surface area contributed by atoms with Gasteiger partial charge in [0.15, 0.2) is 6.29 Å². The maximum absolute atomic E-state index is 11.8. The van der Waals surface area contributed by atoms with Gasteiger partial charge < -0.3 is 15.9 Å². The van der Waals surface area contributed by atoms with Gasteiger partial charge in [-0.3, -0.25) is 0 Å². The summed E-state index contributed by atoms with van der Waals surface area (Å²) in [6, 6.07) is -1.02. The largest absolute Gasteiger partial charge is 0.389 e. The summed E-state index contributed by atoms with van der Waals surface area (Å²) in [7, 11) is 0. The second-order valence-corrected chi connectivity index (χ2v) is 3.24. The van der Waals surface area contributed by atoms with E-state index < -0.39 is 30.8 Å². The minimum absolute atomic E-state index is 0.0584. The molecule has 0 aliphatic heterocycles. The number of aliphatic hydroxyl groups excluding tert-OH is 1. The maximum atomic E-state index is 11.8. The summed E-state index contributed by atoms with van der Waals surface area (Å²) in [5, 5.41) is 17.0. The van der Waals surface area contributed by atoms with Crippen LogP contribution in [-0.4, -0.2) is 28.7 Å². The van der Waals surface area contributed by atoms with Crippen molar-refractivity contribution in [3.63, 3.8) is 0 Å². The molecule has 6 heteroatoms. The predicted octanol–water partition coefficient (Wildman–Crippen LogP) is 0.603. The third kappa shape index (κ3) is 6.80. The zero-order valence-corrected chi connectivity index (χ0v) is 7.25. The highest BCUT2D eigenvalue weighted by atomic mass is 19.4. The highest BCUT2D eigenvalue weighted by Crippen LogP contribution is 2.26. The molecule has 0 radical (unpaired) electrons. The van der Waals surface area contributed by atoms with E-state index in [4.69, 9.17) is 15.9 Å². The van der Waals surface area contributed by atoms with Crippen LogP contribution in [0.4, 0.5) is 13.2 Å². The topological polar surface area (TPSA) is 66.5 Å². The number of aliphatic hydroxyl groups is 2. The Kier molecular flexibility index (Phi) is 4.66. The summed E-state index contributed by atoms with van der Waals surface area (Å²) in [5.74, 6) is -0.697. The second-order valence-electron chi connectivity index (χ2n) is 3.24. The van der Waals surface area contributed by atoms with Gasteiger partial charge in [0, 0.05) is 6.42 Å².